The van der Waals surface area contributed by atoms with Crippen LogP contribution in [0.3, 0.4) is 0 Å². The summed E-state index contributed by atoms with van der Waals surface area (Å²) in [4.78, 5) is 67.7. The molecule has 18 N–H and O–H groups in total. The second-order valence-electron chi connectivity index (χ2n) is 8.45. The van der Waals surface area contributed by atoms with Crippen LogP contribution in [-0.4, -0.2) is 112 Å². The van der Waals surface area contributed by atoms with Crippen molar-refractivity contribution in [1.82, 2.24) is 33.3 Å². The number of amides is 1. The van der Waals surface area contributed by atoms with Crippen LogP contribution >= 0.6 is 15.6 Å². The fourth-order valence-electron chi connectivity index (χ4n) is 3.74. The second kappa shape index (κ2) is 15.5. The molecule has 2 saturated heterocycles. The highest BCUT2D eigenvalue weighted by molar-refractivity contribution is 7.61. The van der Waals surface area contributed by atoms with Gasteiger partial charge in [-0.3, -0.25) is 28.2 Å². The van der Waals surface area contributed by atoms with Gasteiger partial charge in [0.15, 0.2) is 18.6 Å². The van der Waals surface area contributed by atoms with E-state index in [1.54, 1.807) is 0 Å². The molecule has 250 valence electrons. The van der Waals surface area contributed by atoms with Crippen LogP contribution in [0.15, 0.2) is 21.9 Å². The minimum absolute atomic E-state index is 0. The fraction of sp³-hybridized carbons (Fsp3) is 0.647. The molecule has 1 aromatic rings. The van der Waals surface area contributed by atoms with E-state index in [0.29, 0.717) is 4.57 Å². The number of ether oxygens (including phenoxy) is 2. The molecule has 2 aliphatic heterocycles. The van der Waals surface area contributed by atoms with Gasteiger partial charge < -0.3 is 68.6 Å². The minimum atomic E-state index is -5.76. The summed E-state index contributed by atoms with van der Waals surface area (Å²) >= 11 is 0. The monoisotopic (exact) mass is 672 g/mol. The normalized spacial score (nSPS) is 33.0. The van der Waals surface area contributed by atoms with Crippen molar-refractivity contribution in [1.29, 1.82) is 0 Å². The van der Waals surface area contributed by atoms with Crippen LogP contribution in [0.1, 0.15) is 13.2 Å². The molecule has 2 aliphatic rings. The lowest BCUT2D eigenvalue weighted by molar-refractivity contribution is -0.243. The number of nitrogens with one attached hydrogen (secondary N) is 2. The van der Waals surface area contributed by atoms with Crippen molar-refractivity contribution in [2.24, 2.45) is 0 Å². The molecule has 0 spiro atoms. The van der Waals surface area contributed by atoms with Crippen molar-refractivity contribution in [3.05, 3.63) is 33.1 Å². The number of hydrogen-bond donors (Lipinski definition) is 12. The zero-order chi connectivity index (χ0) is 30.2. The SMILES string of the molecule is CC(=O)N[C@H]1[C@@H](OP(=O)(O)OP(=O)(O)OC[C@H]2O[C@@H](n3ccc(=O)[nH]c3=O)[C@H](O)[C@@H]2O)O[C@H](C(=O)O)[C@@H](O)[C@@H]1O.N.N.N. The topological polar surface area (TPSA) is 428 Å². The van der Waals surface area contributed by atoms with Crippen LogP contribution in [0.25, 0.3) is 0 Å². The maximum Gasteiger partial charge on any atom is 0.483 e. The van der Waals surface area contributed by atoms with Crippen molar-refractivity contribution in [3.8, 4) is 0 Å². The number of phosphoric ester groups is 2. The number of carbonyl (C=O) groups excluding carboxylic acids is 1. The third-order valence-corrected chi connectivity index (χ3v) is 8.12. The predicted molar refractivity (Wildman–Crippen MR) is 136 cm³/mol. The van der Waals surface area contributed by atoms with E-state index in [9.17, 15) is 58.5 Å². The van der Waals surface area contributed by atoms with Gasteiger partial charge in [-0.05, 0) is 0 Å². The maximum atomic E-state index is 12.4. The number of aromatic nitrogens is 2. The molecule has 26 heteroatoms. The van der Waals surface area contributed by atoms with Crippen LogP contribution < -0.4 is 35.0 Å². The highest BCUT2D eigenvalue weighted by Crippen LogP contribution is 2.61. The molecule has 1 aromatic heterocycles. The van der Waals surface area contributed by atoms with E-state index in [-0.39, 0.29) is 18.5 Å². The largest absolute Gasteiger partial charge is 0.483 e. The minimum Gasteiger partial charge on any atom is -0.479 e. The van der Waals surface area contributed by atoms with Gasteiger partial charge in [-0.15, -0.1) is 0 Å². The van der Waals surface area contributed by atoms with Gasteiger partial charge in [0.25, 0.3) is 5.56 Å². The molecule has 0 radical (unpaired) electrons. The first-order valence-corrected chi connectivity index (χ1v) is 14.0. The number of H-pyrrole nitrogens is 1. The molecule has 2 unspecified atom stereocenters. The summed E-state index contributed by atoms with van der Waals surface area (Å²) in [5.41, 5.74) is -1.79. The van der Waals surface area contributed by atoms with Crippen molar-refractivity contribution in [3.63, 3.8) is 0 Å². The number of carbonyl (C=O) groups is 2. The number of rotatable bonds is 10. The van der Waals surface area contributed by atoms with Crippen LogP contribution in [0, 0.1) is 0 Å². The highest BCUT2D eigenvalue weighted by atomic mass is 31.3. The summed E-state index contributed by atoms with van der Waals surface area (Å²) in [6.07, 6.45) is -14.7. The molecule has 11 atom stereocenters. The lowest BCUT2D eigenvalue weighted by Crippen LogP contribution is -2.65. The summed E-state index contributed by atoms with van der Waals surface area (Å²) in [6.45, 7) is -0.153. The Morgan fingerprint density at radius 2 is 1.60 bits per heavy atom. The second-order valence-corrected chi connectivity index (χ2v) is 11.5. The quantitative estimate of drug-likeness (QED) is 0.105. The van der Waals surface area contributed by atoms with Crippen molar-refractivity contribution in [2.75, 3.05) is 6.61 Å². The number of nitrogens with zero attached hydrogens (tertiary/aromatic N) is 1. The van der Waals surface area contributed by atoms with Gasteiger partial charge in [-0.1, -0.05) is 0 Å². The first-order chi connectivity index (χ1) is 18.4. The third kappa shape index (κ3) is 9.75. The molecule has 43 heavy (non-hydrogen) atoms. The number of aromatic amines is 1. The molecule has 0 saturated carbocycles. The molecule has 0 bridgehead atoms. The molecule has 3 rings (SSSR count). The van der Waals surface area contributed by atoms with Gasteiger partial charge in [-0.2, -0.15) is 4.31 Å². The van der Waals surface area contributed by atoms with E-state index >= 15 is 0 Å². The molecular weight excluding hydrogens is 638 g/mol. The summed E-state index contributed by atoms with van der Waals surface area (Å²) in [5, 5.41) is 51.6. The highest BCUT2D eigenvalue weighted by Gasteiger charge is 2.52. The van der Waals surface area contributed by atoms with Gasteiger partial charge in [0.05, 0.1) is 6.61 Å². The zero-order valence-corrected chi connectivity index (χ0v) is 23.9. The number of hydrogen-bond acceptors (Lipinski definition) is 18. The lowest BCUT2D eigenvalue weighted by atomic mass is 9.97. The van der Waals surface area contributed by atoms with E-state index in [2.05, 4.69) is 13.4 Å². The van der Waals surface area contributed by atoms with Crippen LogP contribution in [0.2, 0.25) is 0 Å². The van der Waals surface area contributed by atoms with Gasteiger partial charge in [-0.25, -0.2) is 18.7 Å². The Balaban J connectivity index is 0.00000588. The molecule has 3 heterocycles. The van der Waals surface area contributed by atoms with Gasteiger partial charge in [0, 0.05) is 19.2 Å². The van der Waals surface area contributed by atoms with E-state index in [1.807, 2.05) is 10.3 Å². The van der Waals surface area contributed by atoms with Gasteiger partial charge in [0.1, 0.15) is 36.6 Å². The first-order valence-electron chi connectivity index (χ1n) is 11.0. The summed E-state index contributed by atoms with van der Waals surface area (Å²) in [5.74, 6) is -2.72. The fourth-order valence-corrected chi connectivity index (χ4v) is 5.91. The van der Waals surface area contributed by atoms with Crippen molar-refractivity contribution in [2.45, 2.75) is 62.1 Å². The molecule has 1 amide bonds. The average Bonchev–Trinajstić information content (AvgIpc) is 3.09. The van der Waals surface area contributed by atoms with Gasteiger partial charge >= 0.3 is 27.3 Å². The van der Waals surface area contributed by atoms with Crippen molar-refractivity contribution < 1.29 is 76.9 Å². The maximum absolute atomic E-state index is 12.4. The van der Waals surface area contributed by atoms with E-state index in [0.717, 1.165) is 19.2 Å². The Morgan fingerprint density at radius 1 is 1.00 bits per heavy atom. The van der Waals surface area contributed by atoms with E-state index in [4.69, 9.17) is 14.6 Å². The number of carboxylic acids is 1. The van der Waals surface area contributed by atoms with Crippen LogP contribution in [0.5, 0.6) is 0 Å². The van der Waals surface area contributed by atoms with Gasteiger partial charge in [0.2, 0.25) is 5.91 Å². The van der Waals surface area contributed by atoms with E-state index < -0.39 is 101 Å². The Hall–Kier alpha value is -2.48. The lowest BCUT2D eigenvalue weighted by Gasteiger charge is -2.41. The summed E-state index contributed by atoms with van der Waals surface area (Å²) in [7, 11) is -11.4. The third-order valence-electron chi connectivity index (χ3n) is 5.52. The van der Waals surface area contributed by atoms with Crippen molar-refractivity contribution >= 4 is 27.5 Å². The number of aliphatic hydroxyl groups is 4. The first kappa shape index (κ1) is 40.5. The predicted octanol–water partition coefficient (Wildman–Crippen LogP) is -4.07. The Bertz CT molecular complexity index is 1330. The van der Waals surface area contributed by atoms with E-state index in [1.165, 1.54) is 0 Å². The van der Waals surface area contributed by atoms with Crippen LogP contribution in [0.4, 0.5) is 0 Å². The smallest absolute Gasteiger partial charge is 0.479 e. The average molecular weight is 672 g/mol. The molecular formula is C17H34N6O18P2. The Labute approximate surface area is 240 Å². The molecule has 2 fully saturated rings. The number of aliphatic hydroxyl groups excluding tert-OH is 4. The number of aliphatic carboxylic acids is 1. The zero-order valence-electron chi connectivity index (χ0n) is 22.1. The Kier molecular flexibility index (Phi) is 14.6. The standard InChI is InChI=1S/C17H25N3O18P2.3H3N/c1-5(21)18-8-10(24)11(25)13(15(27)28)36-16(8)37-40(32,33)38-39(30,31)34-4-6-9(23)12(26)14(35-6)20-3-2-7(22)19-17(20)29;;;/h2-3,6,8-14,16,23-26H,4H2,1H3,(H,18,21)(H,27,28)(H,30,31)(H,32,33)(H,19,22,29);3*1H3/t6-,8-,9-,10-,11+,12-,13+,14-,16-;;;/m1.../s1. The Morgan fingerprint density at radius 3 is 2.14 bits per heavy atom. The summed E-state index contributed by atoms with van der Waals surface area (Å²) < 4.78 is 48.7. The number of phosphoric acid groups is 2. The molecule has 0 aliphatic carbocycles. The van der Waals surface area contributed by atoms with Crippen LogP contribution in [-0.2, 0) is 41.6 Å². The number of carboxylic acid groups (broad SMARTS) is 1. The summed E-state index contributed by atoms with van der Waals surface area (Å²) in [6, 6.07) is -0.949. The molecule has 0 aromatic carbocycles. The molecule has 24 nitrogen and oxygen atoms in total.